The second kappa shape index (κ2) is 6.29. The third-order valence-corrected chi connectivity index (χ3v) is 5.78. The summed E-state index contributed by atoms with van der Waals surface area (Å²) in [6, 6.07) is 2.37. The Bertz CT molecular complexity index is 1020. The molecule has 4 heterocycles. The summed E-state index contributed by atoms with van der Waals surface area (Å²) in [5.74, 6) is 0.550. The van der Waals surface area contributed by atoms with Crippen LogP contribution in [0.4, 0.5) is 0 Å². The van der Waals surface area contributed by atoms with Crippen molar-refractivity contribution in [3.63, 3.8) is 0 Å². The Kier molecular flexibility index (Phi) is 3.77. The normalized spacial score (nSPS) is 21.7. The zero-order valence-corrected chi connectivity index (χ0v) is 15.2. The average molecular weight is 363 g/mol. The van der Waals surface area contributed by atoms with Gasteiger partial charge in [0.2, 0.25) is 5.91 Å². The molecule has 0 spiro atoms. The van der Waals surface area contributed by atoms with Gasteiger partial charge in [-0.2, -0.15) is 0 Å². The Labute approximate surface area is 156 Å². The number of carbonyl (C=O) groups is 1. The molecule has 1 saturated heterocycles. The van der Waals surface area contributed by atoms with Crippen LogP contribution in [0.1, 0.15) is 30.6 Å². The molecule has 1 aliphatic heterocycles. The summed E-state index contributed by atoms with van der Waals surface area (Å²) < 4.78 is 3.83. The first kappa shape index (κ1) is 16.2. The predicted octanol–water partition coefficient (Wildman–Crippen LogP) is 1.70. The molecule has 0 N–H and O–H groups in total. The number of pyridine rings is 1. The molecule has 3 aromatic heterocycles. The van der Waals surface area contributed by atoms with Gasteiger partial charge in [0.15, 0.2) is 0 Å². The van der Waals surface area contributed by atoms with Crippen LogP contribution in [0.2, 0.25) is 0 Å². The lowest BCUT2D eigenvalue weighted by Crippen LogP contribution is -2.45. The van der Waals surface area contributed by atoms with E-state index in [2.05, 4.69) is 56.4 Å². The van der Waals surface area contributed by atoms with Crippen molar-refractivity contribution in [1.29, 1.82) is 0 Å². The first-order valence-corrected chi connectivity index (χ1v) is 9.34. The number of likely N-dealkylation sites (tertiary alicyclic amines) is 1. The molecule has 8 heteroatoms. The zero-order chi connectivity index (χ0) is 18.4. The maximum Gasteiger partial charge on any atom is 0.244 e. The summed E-state index contributed by atoms with van der Waals surface area (Å²) in [4.78, 5) is 19.2. The third kappa shape index (κ3) is 2.72. The van der Waals surface area contributed by atoms with Crippen molar-refractivity contribution >= 4 is 22.9 Å². The fourth-order valence-electron chi connectivity index (χ4n) is 4.25. The molecular formula is C19H21N7O. The molecule has 1 amide bonds. The first-order valence-electron chi connectivity index (χ1n) is 9.34. The van der Waals surface area contributed by atoms with Gasteiger partial charge in [-0.1, -0.05) is 19.1 Å². The van der Waals surface area contributed by atoms with Crippen LogP contribution in [-0.4, -0.2) is 53.7 Å². The molecule has 0 unspecified atom stereocenters. The summed E-state index contributed by atoms with van der Waals surface area (Å²) in [5.41, 5.74) is 3.60. The highest BCUT2D eigenvalue weighted by Gasteiger charge is 2.31. The van der Waals surface area contributed by atoms with Gasteiger partial charge in [0, 0.05) is 42.9 Å². The van der Waals surface area contributed by atoms with E-state index in [0.29, 0.717) is 12.5 Å². The van der Waals surface area contributed by atoms with E-state index >= 15 is 0 Å². The number of tetrazole rings is 1. The Morgan fingerprint density at radius 2 is 2.30 bits per heavy atom. The van der Waals surface area contributed by atoms with Gasteiger partial charge in [0.25, 0.3) is 0 Å². The summed E-state index contributed by atoms with van der Waals surface area (Å²) in [6.07, 6.45) is 11.8. The average Bonchev–Trinajstić information content (AvgIpc) is 3.41. The lowest BCUT2D eigenvalue weighted by atomic mass is 9.93. The van der Waals surface area contributed by atoms with Crippen LogP contribution in [0.5, 0.6) is 0 Å². The number of hydrogen-bond acceptors (Lipinski definition) is 5. The monoisotopic (exact) mass is 363 g/mol. The highest BCUT2D eigenvalue weighted by Crippen LogP contribution is 2.34. The number of amides is 1. The molecule has 0 radical (unpaired) electrons. The van der Waals surface area contributed by atoms with Crippen molar-refractivity contribution in [2.75, 3.05) is 13.1 Å². The van der Waals surface area contributed by atoms with Crippen LogP contribution < -0.4 is 0 Å². The lowest BCUT2D eigenvalue weighted by molar-refractivity contribution is -0.134. The van der Waals surface area contributed by atoms with Crippen LogP contribution in [0.25, 0.3) is 17.0 Å². The fraction of sp³-hybridized carbons (Fsp3) is 0.421. The van der Waals surface area contributed by atoms with E-state index in [4.69, 9.17) is 0 Å². The molecule has 0 aromatic carbocycles. The molecule has 5 rings (SSSR count). The first-order chi connectivity index (χ1) is 13.2. The van der Waals surface area contributed by atoms with Crippen molar-refractivity contribution in [2.24, 2.45) is 5.92 Å². The number of allylic oxidation sites excluding steroid dienone is 1. The minimum Gasteiger partial charge on any atom is -0.342 e. The maximum atomic E-state index is 12.7. The topological polar surface area (TPSA) is 81.7 Å². The molecule has 0 bridgehead atoms. The van der Waals surface area contributed by atoms with Crippen LogP contribution >= 0.6 is 0 Å². The van der Waals surface area contributed by atoms with E-state index in [0.717, 1.165) is 30.5 Å². The number of rotatable bonds is 3. The molecule has 1 fully saturated rings. The van der Waals surface area contributed by atoms with Crippen LogP contribution in [-0.2, 0) is 17.8 Å². The largest absolute Gasteiger partial charge is 0.342 e. The van der Waals surface area contributed by atoms with E-state index in [1.165, 1.54) is 22.1 Å². The molecule has 2 aliphatic rings. The van der Waals surface area contributed by atoms with Gasteiger partial charge in [-0.05, 0) is 28.8 Å². The number of carbonyl (C=O) groups excluding carboxylic acids is 1. The molecular weight excluding hydrogens is 342 g/mol. The van der Waals surface area contributed by atoms with Gasteiger partial charge in [0.1, 0.15) is 12.9 Å². The minimum absolute atomic E-state index is 0.0578. The van der Waals surface area contributed by atoms with E-state index in [1.54, 1.807) is 0 Å². The van der Waals surface area contributed by atoms with Gasteiger partial charge >= 0.3 is 0 Å². The van der Waals surface area contributed by atoms with Crippen LogP contribution in [0.3, 0.4) is 0 Å². The Balaban J connectivity index is 1.46. The van der Waals surface area contributed by atoms with Crippen LogP contribution in [0.15, 0.2) is 30.9 Å². The van der Waals surface area contributed by atoms with Crippen molar-refractivity contribution in [3.05, 3.63) is 42.1 Å². The van der Waals surface area contributed by atoms with Gasteiger partial charge in [0.05, 0.1) is 17.3 Å². The molecule has 138 valence electrons. The second-order valence-corrected chi connectivity index (χ2v) is 7.43. The number of aromatic nitrogens is 6. The summed E-state index contributed by atoms with van der Waals surface area (Å²) in [6.45, 7) is 3.93. The number of piperidine rings is 1. The van der Waals surface area contributed by atoms with Gasteiger partial charge < -0.3 is 9.47 Å². The van der Waals surface area contributed by atoms with Gasteiger partial charge in [-0.15, -0.1) is 5.10 Å². The smallest absolute Gasteiger partial charge is 0.244 e. The maximum absolute atomic E-state index is 12.7. The van der Waals surface area contributed by atoms with Crippen molar-refractivity contribution in [3.8, 4) is 0 Å². The third-order valence-electron chi connectivity index (χ3n) is 5.78. The van der Waals surface area contributed by atoms with Crippen molar-refractivity contribution in [1.82, 2.24) is 34.7 Å². The second-order valence-electron chi connectivity index (χ2n) is 7.43. The SMILES string of the molecule is C[C@@H]1CCN(C(=O)Cn2cnnn2)C[C@@H]1n1ccc2cnc3c(c21)C=CC3. The van der Waals surface area contributed by atoms with E-state index in [-0.39, 0.29) is 18.5 Å². The van der Waals surface area contributed by atoms with Gasteiger partial charge in [-0.25, -0.2) is 4.68 Å². The fourth-order valence-corrected chi connectivity index (χ4v) is 4.25. The molecule has 3 aromatic rings. The van der Waals surface area contributed by atoms with Gasteiger partial charge in [-0.3, -0.25) is 9.78 Å². The summed E-state index contributed by atoms with van der Waals surface area (Å²) in [7, 11) is 0. The quantitative estimate of drug-likeness (QED) is 0.707. The standard InChI is InChI=1S/C19H21N7O/c1-13-5-7-24(18(27)11-25-12-21-22-23-25)10-17(13)26-8-6-14-9-20-16-4-2-3-15(16)19(14)26/h2-3,6,8-9,12-13,17H,4-5,7,10-11H2,1H3/t13-,17+/m1/s1. The molecule has 8 nitrogen and oxygen atoms in total. The number of nitrogens with zero attached hydrogens (tertiary/aromatic N) is 7. The predicted molar refractivity (Wildman–Crippen MR) is 99.7 cm³/mol. The summed E-state index contributed by atoms with van der Waals surface area (Å²) in [5, 5.41) is 12.2. The number of hydrogen-bond donors (Lipinski definition) is 0. The molecule has 1 aliphatic carbocycles. The van der Waals surface area contributed by atoms with E-state index in [1.807, 2.05) is 11.1 Å². The van der Waals surface area contributed by atoms with E-state index < -0.39 is 0 Å². The van der Waals surface area contributed by atoms with Crippen molar-refractivity contribution < 1.29 is 4.79 Å². The highest BCUT2D eigenvalue weighted by molar-refractivity contribution is 5.90. The number of fused-ring (bicyclic) bond motifs is 3. The molecule has 2 atom stereocenters. The highest BCUT2D eigenvalue weighted by atomic mass is 16.2. The van der Waals surface area contributed by atoms with Crippen molar-refractivity contribution in [2.45, 2.75) is 32.4 Å². The minimum atomic E-state index is 0.0578. The zero-order valence-electron chi connectivity index (χ0n) is 15.2. The Hall–Kier alpha value is -3.03. The Morgan fingerprint density at radius 1 is 1.37 bits per heavy atom. The lowest BCUT2D eigenvalue weighted by Gasteiger charge is -2.38. The Morgan fingerprint density at radius 3 is 3.15 bits per heavy atom. The van der Waals surface area contributed by atoms with E-state index in [9.17, 15) is 4.79 Å². The van der Waals surface area contributed by atoms with Crippen LogP contribution in [0, 0.1) is 5.92 Å². The molecule has 0 saturated carbocycles. The molecule has 27 heavy (non-hydrogen) atoms. The summed E-state index contributed by atoms with van der Waals surface area (Å²) >= 11 is 0.